The van der Waals surface area contributed by atoms with E-state index in [4.69, 9.17) is 22.9 Å². The third-order valence-electron chi connectivity index (χ3n) is 15.7. The molecule has 21 N–H and O–H groups in total. The number of carbonyl (C=O) groups is 14. The van der Waals surface area contributed by atoms with Gasteiger partial charge in [-0.1, -0.05) is 92.1 Å². The van der Waals surface area contributed by atoms with Crippen LogP contribution < -0.4 is 76.1 Å². The molecule has 0 aliphatic carbocycles. The monoisotopic (exact) mass is 1390 g/mol. The van der Waals surface area contributed by atoms with Gasteiger partial charge in [0.1, 0.15) is 66.5 Å². The summed E-state index contributed by atoms with van der Waals surface area (Å²) in [5, 5.41) is 54.9. The van der Waals surface area contributed by atoms with Crippen LogP contribution in [0.15, 0.2) is 35.3 Å². The van der Waals surface area contributed by atoms with Gasteiger partial charge >= 0.3 is 11.9 Å². The molecule has 34 heteroatoms. The van der Waals surface area contributed by atoms with Crippen molar-refractivity contribution in [2.24, 2.45) is 51.6 Å². The van der Waals surface area contributed by atoms with E-state index in [1.54, 1.807) is 78.1 Å². The molecule has 13 atom stereocenters. The van der Waals surface area contributed by atoms with Gasteiger partial charge in [0.05, 0.1) is 25.5 Å². The number of aliphatic carboxylic acids is 2. The minimum atomic E-state index is -2.04. The fraction of sp³-hybridized carbons (Fsp3) is 0.667. The molecule has 0 aromatic heterocycles. The summed E-state index contributed by atoms with van der Waals surface area (Å²) in [7, 11) is 0. The highest BCUT2D eigenvalue weighted by Gasteiger charge is 2.41. The number of thioether (sulfide) groups is 1. The van der Waals surface area contributed by atoms with Crippen molar-refractivity contribution in [3.05, 3.63) is 35.9 Å². The SMILES string of the molecule is CC[C@H](C)[C@H](N)C(=O)N1CCC[C@H]1C(=O)N[C@@H](CC(C)C)C(=O)N[C@@H](CO)C(=O)N[C@@H](CCCN=C(N)N)C(=O)N[C@@H](CC(C)C)C(=O)N[C@@H](Cc1ccccc1)C(=O)N[C@@H](CC(=O)O)C(=O)N[C@@H](CC(N)=O)C(=O)N[C@@H](C)C(=O)N[C@@H](CCSC)C(=O)N[C@@H](CC(C)C)C(=O)O. The molecule has 0 saturated carbocycles. The van der Waals surface area contributed by atoms with Gasteiger partial charge in [-0.05, 0) is 99.5 Å². The zero-order valence-electron chi connectivity index (χ0n) is 57.1. The molecule has 1 heterocycles. The second-order valence-corrected chi connectivity index (χ2v) is 26.5. The number of nitrogens with one attached hydrogen (secondary N) is 10. The third kappa shape index (κ3) is 30.5. The largest absolute Gasteiger partial charge is 0.481 e. The number of hydrogen-bond acceptors (Lipinski definition) is 18. The van der Waals surface area contributed by atoms with Crippen LogP contribution in [0.4, 0.5) is 0 Å². The van der Waals surface area contributed by atoms with Gasteiger partial charge in [-0.15, -0.1) is 0 Å². The number of amides is 12. The van der Waals surface area contributed by atoms with E-state index in [-0.39, 0.29) is 87.7 Å². The van der Waals surface area contributed by atoms with Gasteiger partial charge in [0.15, 0.2) is 5.96 Å². The Kier molecular flexibility index (Phi) is 37.3. The van der Waals surface area contributed by atoms with E-state index in [0.717, 1.165) is 0 Å². The first-order valence-electron chi connectivity index (χ1n) is 32.6. The van der Waals surface area contributed by atoms with Crippen molar-refractivity contribution in [1.29, 1.82) is 0 Å². The lowest BCUT2D eigenvalue weighted by molar-refractivity contribution is -0.143. The fourth-order valence-corrected chi connectivity index (χ4v) is 10.7. The number of aliphatic hydroxyl groups is 1. The molecule has 1 aromatic carbocycles. The lowest BCUT2D eigenvalue weighted by Gasteiger charge is -2.30. The molecule has 1 aromatic rings. The minimum absolute atomic E-state index is 0.0448. The molecule has 1 aliphatic heterocycles. The highest BCUT2D eigenvalue weighted by Crippen LogP contribution is 2.22. The average molecular weight is 1390 g/mol. The van der Waals surface area contributed by atoms with Crippen molar-refractivity contribution in [3.8, 4) is 0 Å². The van der Waals surface area contributed by atoms with E-state index in [2.05, 4.69) is 58.2 Å². The van der Waals surface area contributed by atoms with Gasteiger partial charge in [0.2, 0.25) is 70.9 Å². The van der Waals surface area contributed by atoms with Gasteiger partial charge in [0, 0.05) is 19.5 Å². The first-order valence-corrected chi connectivity index (χ1v) is 33.9. The Bertz CT molecular complexity index is 2880. The summed E-state index contributed by atoms with van der Waals surface area (Å²) in [6.45, 7) is 14.7. The maximum absolute atomic E-state index is 14.6. The van der Waals surface area contributed by atoms with Crippen molar-refractivity contribution in [2.75, 3.05) is 31.7 Å². The minimum Gasteiger partial charge on any atom is -0.481 e. The summed E-state index contributed by atoms with van der Waals surface area (Å²) < 4.78 is 0. The van der Waals surface area contributed by atoms with Crippen LogP contribution in [-0.4, -0.2) is 213 Å². The first-order chi connectivity index (χ1) is 45.5. The van der Waals surface area contributed by atoms with Crippen LogP contribution in [0.5, 0.6) is 0 Å². The topological polar surface area (TPSA) is 540 Å². The number of aliphatic imine (C=N–C) groups is 1. The van der Waals surface area contributed by atoms with E-state index < -0.39 is 175 Å². The summed E-state index contributed by atoms with van der Waals surface area (Å²) in [5.74, 6) is -15.2. The number of carboxylic acid groups (broad SMARTS) is 2. The van der Waals surface area contributed by atoms with Crippen LogP contribution >= 0.6 is 11.8 Å². The second-order valence-electron chi connectivity index (χ2n) is 25.5. The lowest BCUT2D eigenvalue weighted by atomic mass is 9.98. The second kappa shape index (κ2) is 42.8. The van der Waals surface area contributed by atoms with Gasteiger partial charge in [-0.2, -0.15) is 11.8 Å². The van der Waals surface area contributed by atoms with Crippen molar-refractivity contribution >= 4 is 101 Å². The average Bonchev–Trinajstić information content (AvgIpc) is 1.86. The van der Waals surface area contributed by atoms with E-state index in [0.29, 0.717) is 30.6 Å². The molecule has 1 aliphatic rings. The van der Waals surface area contributed by atoms with Crippen LogP contribution in [0.25, 0.3) is 0 Å². The number of benzene rings is 1. The summed E-state index contributed by atoms with van der Waals surface area (Å²) in [6.07, 6.45) is 0.768. The molecule has 0 unspecified atom stereocenters. The number of likely N-dealkylation sites (tertiary alicyclic amines) is 1. The number of nitrogens with two attached hydrogens (primary N) is 4. The molecule has 33 nitrogen and oxygen atoms in total. The van der Waals surface area contributed by atoms with Crippen molar-refractivity contribution in [2.45, 2.75) is 212 Å². The van der Waals surface area contributed by atoms with Crippen LogP contribution in [0.1, 0.15) is 139 Å². The maximum Gasteiger partial charge on any atom is 0.326 e. The van der Waals surface area contributed by atoms with Crippen LogP contribution in [0.2, 0.25) is 0 Å². The fourth-order valence-electron chi connectivity index (χ4n) is 10.3. The van der Waals surface area contributed by atoms with E-state index in [9.17, 15) is 82.4 Å². The number of primary amides is 1. The quantitative estimate of drug-likeness (QED) is 0.0174. The Morgan fingerprint density at radius 1 is 0.567 bits per heavy atom. The van der Waals surface area contributed by atoms with Crippen molar-refractivity contribution < 1.29 is 82.4 Å². The Hall–Kier alpha value is -8.66. The molecule has 0 bridgehead atoms. The molecule has 1 fully saturated rings. The number of aliphatic hydroxyl groups excluding tert-OH is 1. The first kappa shape index (κ1) is 84.4. The van der Waals surface area contributed by atoms with Gasteiger partial charge in [-0.25, -0.2) is 4.79 Å². The Morgan fingerprint density at radius 2 is 1.01 bits per heavy atom. The predicted molar refractivity (Wildman–Crippen MR) is 359 cm³/mol. The molecular formula is C63H104N16O17S. The summed E-state index contributed by atoms with van der Waals surface area (Å²) in [4.78, 5) is 195. The number of hydrogen-bond donors (Lipinski definition) is 17. The summed E-state index contributed by atoms with van der Waals surface area (Å²) >= 11 is 1.33. The van der Waals surface area contributed by atoms with Gasteiger partial charge in [0.25, 0.3) is 0 Å². The number of nitrogens with zero attached hydrogens (tertiary/aromatic N) is 2. The molecule has 97 heavy (non-hydrogen) atoms. The van der Waals surface area contributed by atoms with Gasteiger partial charge in [-0.3, -0.25) is 67.3 Å². The van der Waals surface area contributed by atoms with Crippen LogP contribution in [0, 0.1) is 23.7 Å². The Balaban J connectivity index is 2.48. The number of rotatable bonds is 44. The molecule has 1 saturated heterocycles. The normalized spacial score (nSPS) is 16.5. The Morgan fingerprint density at radius 3 is 1.53 bits per heavy atom. The van der Waals surface area contributed by atoms with E-state index in [1.807, 2.05) is 13.8 Å². The third-order valence-corrected chi connectivity index (χ3v) is 16.4. The number of carbonyl (C=O) groups excluding carboxylic acids is 12. The standard InChI is InChI=1S/C63H104N16O17S/c1-11-35(8)50(65)61(94)79-23-16-20-47(79)60(93)76-41(26-33(4)5)56(89)78-46(31-80)59(92)71-38(19-15-22-68-63(66)67)52(85)72-40(25-32(2)3)55(88)73-42(28-37-17-13-12-14-18-37)57(90)75-44(30-49(82)83)58(91)74-43(29-48(64)81)54(87)69-36(9)51(84)70-39(21-24-97-10)53(86)77-45(62(95)96)27-34(6)7/h12-14,17-18,32-36,38-47,50,80H,11,15-16,19-31,65H2,1-10H3,(H2,64,81)(H,69,87)(H,70,84)(H,71,92)(H,72,85)(H,73,88)(H,74,91)(H,75,90)(H,76,93)(H,77,86)(H,78,89)(H,82,83)(H,95,96)(H4,66,67,68)/t35-,36-,38-,39-,40-,41-,42-,43-,44-,45-,46-,47-,50-/m0/s1. The zero-order valence-corrected chi connectivity index (χ0v) is 57.9. The highest BCUT2D eigenvalue weighted by atomic mass is 32.2. The summed E-state index contributed by atoms with van der Waals surface area (Å²) in [5.41, 5.74) is 23.2. The van der Waals surface area contributed by atoms with E-state index >= 15 is 0 Å². The number of carboxylic acids is 2. The van der Waals surface area contributed by atoms with Crippen LogP contribution in [0.3, 0.4) is 0 Å². The molecule has 544 valence electrons. The molecule has 12 amide bonds. The molecule has 2 rings (SSSR count). The number of guanidine groups is 1. The summed E-state index contributed by atoms with van der Waals surface area (Å²) in [6, 6.07) is -9.31. The Labute approximate surface area is 570 Å². The van der Waals surface area contributed by atoms with Crippen molar-refractivity contribution in [3.63, 3.8) is 0 Å². The smallest absolute Gasteiger partial charge is 0.326 e. The molecular weight excluding hydrogens is 1280 g/mol. The zero-order chi connectivity index (χ0) is 73.4. The van der Waals surface area contributed by atoms with E-state index in [1.165, 1.54) is 23.6 Å². The highest BCUT2D eigenvalue weighted by molar-refractivity contribution is 7.98. The predicted octanol–water partition coefficient (Wildman–Crippen LogP) is -3.17. The van der Waals surface area contributed by atoms with Crippen LogP contribution in [-0.2, 0) is 73.5 Å². The maximum atomic E-state index is 14.6. The van der Waals surface area contributed by atoms with Gasteiger partial charge < -0.3 is 96.3 Å². The molecule has 0 radical (unpaired) electrons. The lowest BCUT2D eigenvalue weighted by Crippen LogP contribution is -2.61. The molecule has 0 spiro atoms. The van der Waals surface area contributed by atoms with Crippen molar-refractivity contribution in [1.82, 2.24) is 58.1 Å².